The lowest BCUT2D eigenvalue weighted by molar-refractivity contribution is -0.145. The van der Waals surface area contributed by atoms with E-state index < -0.39 is 42.7 Å². The van der Waals surface area contributed by atoms with Crippen LogP contribution in [0.5, 0.6) is 0 Å². The summed E-state index contributed by atoms with van der Waals surface area (Å²) in [7, 11) is 0. The fourth-order valence-electron chi connectivity index (χ4n) is 4.28. The van der Waals surface area contributed by atoms with Gasteiger partial charge in [-0.05, 0) is 17.5 Å². The van der Waals surface area contributed by atoms with Gasteiger partial charge in [-0.15, -0.1) is 0 Å². The maximum Gasteiger partial charge on any atom is 0.451 e. The second-order valence-electron chi connectivity index (χ2n) is 8.67. The van der Waals surface area contributed by atoms with Gasteiger partial charge in [0.1, 0.15) is 5.82 Å². The highest BCUT2D eigenvalue weighted by Crippen LogP contribution is 2.33. The summed E-state index contributed by atoms with van der Waals surface area (Å²) in [6.07, 6.45) is -1.97. The molecule has 1 atom stereocenters. The maximum absolute atomic E-state index is 13.8. The van der Waals surface area contributed by atoms with Crippen LogP contribution < -0.4 is 10.6 Å². The van der Waals surface area contributed by atoms with Gasteiger partial charge in [-0.3, -0.25) is 9.69 Å². The van der Waals surface area contributed by atoms with Gasteiger partial charge in [-0.2, -0.15) is 13.2 Å². The van der Waals surface area contributed by atoms with Crippen molar-refractivity contribution < 1.29 is 31.9 Å². The SMILES string of the molecule is O=C(NCC(c1cnc(C(F)(F)F)nc1)N1CCC(F)(F)CC1)c1cccc2c(NCCO)nccc12. The van der Waals surface area contributed by atoms with Crippen molar-refractivity contribution in [1.82, 2.24) is 25.2 Å². The van der Waals surface area contributed by atoms with Gasteiger partial charge in [-0.25, -0.2) is 23.7 Å². The molecular weight excluding hydrogens is 499 g/mol. The third-order valence-electron chi connectivity index (χ3n) is 6.19. The van der Waals surface area contributed by atoms with Crippen molar-refractivity contribution in [3.8, 4) is 0 Å². The average molecular weight is 524 g/mol. The molecule has 3 aromatic rings. The number of hydrogen-bond donors (Lipinski definition) is 3. The number of benzene rings is 1. The average Bonchev–Trinajstić information content (AvgIpc) is 2.87. The molecule has 37 heavy (non-hydrogen) atoms. The molecule has 2 aromatic heterocycles. The Balaban J connectivity index is 1.57. The van der Waals surface area contributed by atoms with Gasteiger partial charge < -0.3 is 15.7 Å². The summed E-state index contributed by atoms with van der Waals surface area (Å²) in [6, 6.07) is 6.03. The molecule has 1 saturated heterocycles. The first-order valence-corrected chi connectivity index (χ1v) is 11.6. The lowest BCUT2D eigenvalue weighted by Gasteiger charge is -2.37. The van der Waals surface area contributed by atoms with Crippen LogP contribution in [0.3, 0.4) is 0 Å². The highest BCUT2D eigenvalue weighted by Gasteiger charge is 2.38. The molecule has 1 amide bonds. The van der Waals surface area contributed by atoms with Crippen LogP contribution in [0.1, 0.15) is 40.6 Å². The number of halogens is 5. The number of nitrogens with zero attached hydrogens (tertiary/aromatic N) is 4. The second-order valence-corrected chi connectivity index (χ2v) is 8.67. The molecule has 1 aromatic carbocycles. The number of amides is 1. The molecular formula is C24H25F5N6O2. The minimum absolute atomic E-state index is 0.00557. The number of carbonyl (C=O) groups excluding carboxylic acids is 1. The van der Waals surface area contributed by atoms with E-state index in [1.807, 2.05) is 0 Å². The maximum atomic E-state index is 13.8. The Morgan fingerprint density at radius 3 is 2.43 bits per heavy atom. The van der Waals surface area contributed by atoms with E-state index in [9.17, 15) is 26.7 Å². The number of anilines is 1. The molecule has 1 aliphatic rings. The number of likely N-dealkylation sites (tertiary alicyclic amines) is 1. The Kier molecular flexibility index (Phi) is 7.83. The van der Waals surface area contributed by atoms with E-state index in [0.717, 1.165) is 12.4 Å². The first-order chi connectivity index (χ1) is 17.6. The summed E-state index contributed by atoms with van der Waals surface area (Å²) in [5, 5.41) is 16.1. The Hall–Kier alpha value is -3.45. The minimum Gasteiger partial charge on any atom is -0.395 e. The highest BCUT2D eigenvalue weighted by molar-refractivity contribution is 6.09. The number of piperidine rings is 1. The predicted octanol–water partition coefficient (Wildman–Crippen LogP) is 3.65. The van der Waals surface area contributed by atoms with E-state index in [2.05, 4.69) is 25.6 Å². The number of nitrogens with one attached hydrogen (secondary N) is 2. The Morgan fingerprint density at radius 2 is 1.78 bits per heavy atom. The summed E-state index contributed by atoms with van der Waals surface area (Å²) in [4.78, 5) is 25.9. The second kappa shape index (κ2) is 10.9. The Bertz CT molecular complexity index is 1230. The van der Waals surface area contributed by atoms with E-state index >= 15 is 0 Å². The molecule has 0 aliphatic carbocycles. The Morgan fingerprint density at radius 1 is 1.08 bits per heavy atom. The van der Waals surface area contributed by atoms with Crippen molar-refractivity contribution in [2.75, 3.05) is 38.1 Å². The van der Waals surface area contributed by atoms with Crippen LogP contribution in [0.4, 0.5) is 27.8 Å². The van der Waals surface area contributed by atoms with Crippen LogP contribution in [0.25, 0.3) is 10.8 Å². The first-order valence-electron chi connectivity index (χ1n) is 11.6. The zero-order chi connectivity index (χ0) is 26.6. The fraction of sp³-hybridized carbons (Fsp3) is 0.417. The molecule has 0 saturated carbocycles. The summed E-state index contributed by atoms with van der Waals surface area (Å²) in [6.45, 7) is 0.100. The van der Waals surface area contributed by atoms with Gasteiger partial charge in [0, 0.05) is 74.1 Å². The predicted molar refractivity (Wildman–Crippen MR) is 125 cm³/mol. The highest BCUT2D eigenvalue weighted by atomic mass is 19.4. The fourth-order valence-corrected chi connectivity index (χ4v) is 4.28. The van der Waals surface area contributed by atoms with Crippen LogP contribution in [0, 0.1) is 0 Å². The van der Waals surface area contributed by atoms with Crippen LogP contribution in [-0.4, -0.2) is 69.6 Å². The molecule has 0 bridgehead atoms. The molecule has 3 heterocycles. The van der Waals surface area contributed by atoms with Gasteiger partial charge in [-0.1, -0.05) is 12.1 Å². The molecule has 198 valence electrons. The lowest BCUT2D eigenvalue weighted by atomic mass is 10.0. The van der Waals surface area contributed by atoms with Gasteiger partial charge in [0.25, 0.3) is 11.8 Å². The zero-order valence-corrected chi connectivity index (χ0v) is 19.6. The number of aliphatic hydroxyl groups is 1. The lowest BCUT2D eigenvalue weighted by Crippen LogP contribution is -2.45. The molecule has 1 fully saturated rings. The molecule has 1 aliphatic heterocycles. The number of hydrogen-bond acceptors (Lipinski definition) is 7. The van der Waals surface area contributed by atoms with Gasteiger partial charge in [0.05, 0.1) is 12.6 Å². The monoisotopic (exact) mass is 524 g/mol. The molecule has 4 rings (SSSR count). The molecule has 0 spiro atoms. The number of aromatic nitrogens is 3. The van der Waals surface area contributed by atoms with E-state index in [0.29, 0.717) is 22.2 Å². The number of fused-ring (bicyclic) bond motifs is 1. The van der Waals surface area contributed by atoms with Crippen LogP contribution >= 0.6 is 0 Å². The van der Waals surface area contributed by atoms with E-state index in [-0.39, 0.29) is 38.3 Å². The van der Waals surface area contributed by atoms with Crippen molar-refractivity contribution in [3.05, 3.63) is 59.8 Å². The molecule has 3 N–H and O–H groups in total. The van der Waals surface area contributed by atoms with Crippen molar-refractivity contribution in [1.29, 1.82) is 0 Å². The normalized spacial score (nSPS) is 16.9. The molecule has 13 heteroatoms. The summed E-state index contributed by atoms with van der Waals surface area (Å²) in [5.41, 5.74) is 0.607. The van der Waals surface area contributed by atoms with Crippen LogP contribution in [0.2, 0.25) is 0 Å². The standard InChI is InChI=1S/C24H25F5N6O2/c25-23(26)5-9-35(10-6-23)19(15-12-33-22(34-13-15)24(27,28)29)14-32-21(37)18-3-1-2-17-16(18)4-7-30-20(17)31-8-11-36/h1-4,7,12-13,19,36H,5-6,8-11,14H2,(H,30,31)(H,32,37). The quantitative estimate of drug-likeness (QED) is 0.387. The first kappa shape index (κ1) is 26.6. The van der Waals surface area contributed by atoms with Crippen molar-refractivity contribution in [2.45, 2.75) is 31.0 Å². The van der Waals surface area contributed by atoms with E-state index in [4.69, 9.17) is 5.11 Å². The molecule has 8 nitrogen and oxygen atoms in total. The summed E-state index contributed by atoms with van der Waals surface area (Å²) in [5.74, 6) is -4.08. The summed E-state index contributed by atoms with van der Waals surface area (Å²) < 4.78 is 66.3. The van der Waals surface area contributed by atoms with Crippen molar-refractivity contribution >= 4 is 22.5 Å². The van der Waals surface area contributed by atoms with Crippen LogP contribution in [0.15, 0.2) is 42.9 Å². The topological polar surface area (TPSA) is 103 Å². The van der Waals surface area contributed by atoms with E-state index in [1.54, 1.807) is 29.2 Å². The van der Waals surface area contributed by atoms with Gasteiger partial charge >= 0.3 is 6.18 Å². The number of aliphatic hydroxyl groups excluding tert-OH is 1. The minimum atomic E-state index is -4.72. The number of rotatable bonds is 8. The number of carbonyl (C=O) groups is 1. The third kappa shape index (κ3) is 6.28. The number of pyridine rings is 1. The zero-order valence-electron chi connectivity index (χ0n) is 19.6. The number of alkyl halides is 5. The smallest absolute Gasteiger partial charge is 0.395 e. The third-order valence-corrected chi connectivity index (χ3v) is 6.19. The van der Waals surface area contributed by atoms with Crippen molar-refractivity contribution in [2.24, 2.45) is 0 Å². The van der Waals surface area contributed by atoms with E-state index in [1.165, 1.54) is 6.20 Å². The molecule has 1 unspecified atom stereocenters. The largest absolute Gasteiger partial charge is 0.451 e. The van der Waals surface area contributed by atoms with Gasteiger partial charge in [0.2, 0.25) is 5.82 Å². The van der Waals surface area contributed by atoms with Crippen molar-refractivity contribution in [3.63, 3.8) is 0 Å². The molecule has 0 radical (unpaired) electrons. The Labute approximate surface area is 208 Å². The van der Waals surface area contributed by atoms with Gasteiger partial charge in [0.15, 0.2) is 0 Å². The summed E-state index contributed by atoms with van der Waals surface area (Å²) >= 11 is 0. The van der Waals surface area contributed by atoms with Crippen LogP contribution in [-0.2, 0) is 6.18 Å².